The molecule has 0 saturated heterocycles. The monoisotopic (exact) mass is 297 g/mol. The third-order valence-electron chi connectivity index (χ3n) is 2.90. The fourth-order valence-electron chi connectivity index (χ4n) is 1.68. The third-order valence-corrected chi connectivity index (χ3v) is 2.90. The predicted octanol–water partition coefficient (Wildman–Crippen LogP) is 2.21. The Kier molecular flexibility index (Phi) is 5.29. The number of halogens is 1. The van der Waals surface area contributed by atoms with Crippen molar-refractivity contribution in [2.24, 2.45) is 5.41 Å². The maximum atomic E-state index is 12.8. The smallest absolute Gasteiger partial charge is 0.326 e. The summed E-state index contributed by atoms with van der Waals surface area (Å²) in [7, 11) is 0. The fraction of sp³-hybridized carbons (Fsp3) is 0.467. The molecule has 1 aromatic rings. The Bertz CT molecular complexity index is 507. The predicted molar refractivity (Wildman–Crippen MR) is 75.5 cm³/mol. The Morgan fingerprint density at radius 3 is 2.19 bits per heavy atom. The number of carbonyl (C=O) groups is 2. The average molecular weight is 297 g/mol. The largest absolute Gasteiger partial charge is 0.481 e. The van der Waals surface area contributed by atoms with Crippen LogP contribution in [-0.4, -0.2) is 29.1 Å². The molecule has 0 spiro atoms. The maximum Gasteiger partial charge on any atom is 0.326 e. The summed E-state index contributed by atoms with van der Waals surface area (Å²) in [5.41, 5.74) is -0.628. The zero-order valence-corrected chi connectivity index (χ0v) is 12.5. The number of aliphatic carboxylic acids is 1. The molecule has 0 aliphatic heterocycles. The van der Waals surface area contributed by atoms with Crippen LogP contribution in [0.25, 0.3) is 0 Å². The van der Waals surface area contributed by atoms with Crippen LogP contribution in [0.15, 0.2) is 24.3 Å². The molecule has 5 nitrogen and oxygen atoms in total. The Morgan fingerprint density at radius 1 is 1.24 bits per heavy atom. The Labute approximate surface area is 123 Å². The van der Waals surface area contributed by atoms with E-state index in [1.807, 2.05) is 0 Å². The molecule has 2 N–H and O–H groups in total. The quantitative estimate of drug-likeness (QED) is 0.873. The molecular formula is C15H20FNO4. The first-order valence-electron chi connectivity index (χ1n) is 6.56. The van der Waals surface area contributed by atoms with E-state index >= 15 is 0 Å². The van der Waals surface area contributed by atoms with Crippen LogP contribution in [0.1, 0.15) is 27.7 Å². The first-order valence-corrected chi connectivity index (χ1v) is 6.56. The van der Waals surface area contributed by atoms with E-state index in [1.165, 1.54) is 31.2 Å². The fourth-order valence-corrected chi connectivity index (χ4v) is 1.68. The van der Waals surface area contributed by atoms with Crippen molar-refractivity contribution < 1.29 is 23.8 Å². The molecule has 0 fully saturated rings. The van der Waals surface area contributed by atoms with Crippen molar-refractivity contribution in [3.05, 3.63) is 30.1 Å². The molecule has 0 saturated carbocycles. The van der Waals surface area contributed by atoms with Gasteiger partial charge in [-0.3, -0.25) is 4.79 Å². The van der Waals surface area contributed by atoms with E-state index in [1.54, 1.807) is 20.8 Å². The van der Waals surface area contributed by atoms with Crippen molar-refractivity contribution in [2.45, 2.75) is 39.8 Å². The van der Waals surface area contributed by atoms with E-state index in [4.69, 9.17) is 9.84 Å². The van der Waals surface area contributed by atoms with Crippen LogP contribution in [0.2, 0.25) is 0 Å². The molecule has 1 aromatic carbocycles. The Balaban J connectivity index is 2.69. The molecule has 6 heteroatoms. The van der Waals surface area contributed by atoms with Gasteiger partial charge in [0.15, 0.2) is 6.10 Å². The van der Waals surface area contributed by atoms with Crippen molar-refractivity contribution in [3.63, 3.8) is 0 Å². The van der Waals surface area contributed by atoms with Crippen molar-refractivity contribution >= 4 is 11.9 Å². The molecule has 21 heavy (non-hydrogen) atoms. The number of nitrogens with one attached hydrogen (secondary N) is 1. The highest BCUT2D eigenvalue weighted by atomic mass is 19.1. The Hall–Kier alpha value is -2.11. The minimum absolute atomic E-state index is 0.335. The van der Waals surface area contributed by atoms with Crippen LogP contribution in [0, 0.1) is 11.2 Å². The molecule has 2 atom stereocenters. The molecule has 0 aromatic heterocycles. The molecule has 1 rings (SSSR count). The van der Waals surface area contributed by atoms with Crippen LogP contribution >= 0.6 is 0 Å². The van der Waals surface area contributed by atoms with Gasteiger partial charge in [0, 0.05) is 0 Å². The van der Waals surface area contributed by atoms with Crippen LogP contribution in [-0.2, 0) is 9.59 Å². The van der Waals surface area contributed by atoms with Crippen molar-refractivity contribution in [1.82, 2.24) is 5.32 Å². The third kappa shape index (κ3) is 5.06. The second-order valence-electron chi connectivity index (χ2n) is 5.86. The highest BCUT2D eigenvalue weighted by Gasteiger charge is 2.33. The van der Waals surface area contributed by atoms with Gasteiger partial charge >= 0.3 is 5.97 Å². The van der Waals surface area contributed by atoms with E-state index in [9.17, 15) is 14.0 Å². The first kappa shape index (κ1) is 16.9. The number of rotatable bonds is 5. The summed E-state index contributed by atoms with van der Waals surface area (Å²) in [6, 6.07) is 4.21. The summed E-state index contributed by atoms with van der Waals surface area (Å²) in [5.74, 6) is -1.72. The van der Waals surface area contributed by atoms with Crippen molar-refractivity contribution in [2.75, 3.05) is 0 Å². The number of ether oxygens (including phenoxy) is 1. The van der Waals surface area contributed by atoms with Crippen LogP contribution in [0.4, 0.5) is 4.39 Å². The van der Waals surface area contributed by atoms with Gasteiger partial charge in [-0.2, -0.15) is 0 Å². The van der Waals surface area contributed by atoms with E-state index in [2.05, 4.69) is 5.32 Å². The number of hydrogen-bond acceptors (Lipinski definition) is 3. The summed E-state index contributed by atoms with van der Waals surface area (Å²) in [6.07, 6.45) is -0.889. The van der Waals surface area contributed by atoms with Gasteiger partial charge in [-0.05, 0) is 36.6 Å². The van der Waals surface area contributed by atoms with Gasteiger partial charge in [0.25, 0.3) is 5.91 Å². The Morgan fingerprint density at radius 2 is 1.76 bits per heavy atom. The summed E-state index contributed by atoms with van der Waals surface area (Å²) in [4.78, 5) is 23.2. The lowest BCUT2D eigenvalue weighted by Gasteiger charge is -2.28. The van der Waals surface area contributed by atoms with Crippen molar-refractivity contribution in [1.29, 1.82) is 0 Å². The van der Waals surface area contributed by atoms with E-state index in [0.29, 0.717) is 5.75 Å². The van der Waals surface area contributed by atoms with Gasteiger partial charge in [-0.1, -0.05) is 20.8 Å². The van der Waals surface area contributed by atoms with E-state index < -0.39 is 35.3 Å². The van der Waals surface area contributed by atoms with Gasteiger partial charge in [-0.25, -0.2) is 9.18 Å². The second-order valence-corrected chi connectivity index (χ2v) is 5.86. The van der Waals surface area contributed by atoms with Crippen LogP contribution in [0.3, 0.4) is 0 Å². The van der Waals surface area contributed by atoms with Crippen molar-refractivity contribution in [3.8, 4) is 5.75 Å². The van der Waals surface area contributed by atoms with Crippen LogP contribution in [0.5, 0.6) is 5.75 Å². The zero-order chi connectivity index (χ0) is 16.2. The molecule has 0 radical (unpaired) electrons. The first-order chi connectivity index (χ1) is 9.61. The lowest BCUT2D eigenvalue weighted by atomic mass is 9.86. The van der Waals surface area contributed by atoms with Crippen LogP contribution < -0.4 is 10.1 Å². The van der Waals surface area contributed by atoms with E-state index in [0.717, 1.165) is 0 Å². The molecule has 0 aliphatic rings. The molecule has 116 valence electrons. The van der Waals surface area contributed by atoms with Gasteiger partial charge in [0.1, 0.15) is 17.6 Å². The lowest BCUT2D eigenvalue weighted by molar-refractivity contribution is -0.146. The summed E-state index contributed by atoms with van der Waals surface area (Å²) >= 11 is 0. The number of benzene rings is 1. The summed E-state index contributed by atoms with van der Waals surface area (Å²) in [5, 5.41) is 11.6. The molecule has 0 aliphatic carbocycles. The summed E-state index contributed by atoms with van der Waals surface area (Å²) < 4.78 is 18.1. The average Bonchev–Trinajstić information content (AvgIpc) is 2.36. The van der Waals surface area contributed by atoms with E-state index in [-0.39, 0.29) is 0 Å². The zero-order valence-electron chi connectivity index (χ0n) is 12.5. The van der Waals surface area contributed by atoms with Gasteiger partial charge < -0.3 is 15.2 Å². The number of amides is 1. The summed E-state index contributed by atoms with van der Waals surface area (Å²) in [6.45, 7) is 6.66. The number of hydrogen-bond donors (Lipinski definition) is 2. The molecule has 0 bridgehead atoms. The molecule has 1 amide bonds. The second kappa shape index (κ2) is 6.56. The number of carbonyl (C=O) groups excluding carboxylic acids is 1. The maximum absolute atomic E-state index is 12.8. The highest BCUT2D eigenvalue weighted by molar-refractivity contribution is 5.86. The minimum atomic E-state index is -1.11. The van der Waals surface area contributed by atoms with Gasteiger partial charge in [0.2, 0.25) is 0 Å². The molecule has 0 heterocycles. The number of carboxylic acid groups (broad SMARTS) is 1. The topological polar surface area (TPSA) is 75.6 Å². The molecular weight excluding hydrogens is 277 g/mol. The lowest BCUT2D eigenvalue weighted by Crippen LogP contribution is -2.52. The number of carboxylic acids is 1. The standard InChI is InChI=1S/C15H20FNO4/c1-9(21-11-7-5-10(16)6-8-11)13(18)17-12(14(19)20)15(2,3)4/h5-9,12H,1-4H3,(H,17,18)(H,19,20)/t9?,12-/m1/s1. The minimum Gasteiger partial charge on any atom is -0.481 e. The molecule has 1 unspecified atom stereocenters. The van der Waals surface area contributed by atoms with Gasteiger partial charge in [-0.15, -0.1) is 0 Å². The highest BCUT2D eigenvalue weighted by Crippen LogP contribution is 2.20. The van der Waals surface area contributed by atoms with Gasteiger partial charge in [0.05, 0.1) is 0 Å². The normalized spacial score (nSPS) is 14.1. The SMILES string of the molecule is CC(Oc1ccc(F)cc1)C(=O)N[C@H](C(=O)O)C(C)(C)C.